The molecule has 0 amide bonds. The minimum absolute atomic E-state index is 0.0692. The molecule has 0 N–H and O–H groups in total. The molecule has 0 saturated carbocycles. The van der Waals surface area contributed by atoms with Crippen LogP contribution in [-0.2, 0) is 9.53 Å². The molecule has 1 aromatic heterocycles. The number of nitriles is 1. The summed E-state index contributed by atoms with van der Waals surface area (Å²) in [5, 5.41) is 10.5. The van der Waals surface area contributed by atoms with Gasteiger partial charge in [0.25, 0.3) is 0 Å². The van der Waals surface area contributed by atoms with Gasteiger partial charge in [-0.3, -0.25) is 4.79 Å². The highest BCUT2D eigenvalue weighted by atomic mass is 35.5. The molecule has 1 rings (SSSR count). The third-order valence-electron chi connectivity index (χ3n) is 2.52. The first-order valence-corrected chi connectivity index (χ1v) is 7.92. The zero-order valence-corrected chi connectivity index (χ0v) is 13.4. The number of ether oxygens (including phenoxy) is 1. The van der Waals surface area contributed by atoms with Crippen molar-refractivity contribution in [3.05, 3.63) is 28.0 Å². The van der Waals surface area contributed by atoms with Gasteiger partial charge >= 0.3 is 5.97 Å². The Balaban J connectivity index is 2.67. The van der Waals surface area contributed by atoms with Crippen molar-refractivity contribution in [3.8, 4) is 6.07 Å². The quantitative estimate of drug-likeness (QED) is 0.318. The average Bonchev–Trinajstić information content (AvgIpc) is 2.98. The predicted octanol–water partition coefficient (Wildman–Crippen LogP) is 4.56. The Kier molecular flexibility index (Phi) is 7.68. The lowest BCUT2D eigenvalue weighted by Gasteiger charge is -2.09. The monoisotopic (exact) mass is 331 g/mol. The molecule has 6 heteroatoms. The Morgan fingerprint density at radius 1 is 1.60 bits per heavy atom. The zero-order valence-electron chi connectivity index (χ0n) is 11.1. The van der Waals surface area contributed by atoms with Crippen molar-refractivity contribution in [1.82, 2.24) is 0 Å². The van der Waals surface area contributed by atoms with Gasteiger partial charge in [-0.15, -0.1) is 22.9 Å². The van der Waals surface area contributed by atoms with Crippen molar-refractivity contribution in [1.29, 1.82) is 5.26 Å². The number of hydrogen-bond acceptors (Lipinski definition) is 4. The van der Waals surface area contributed by atoms with Crippen LogP contribution in [0.15, 0.2) is 23.1 Å². The van der Waals surface area contributed by atoms with E-state index < -0.39 is 11.3 Å². The van der Waals surface area contributed by atoms with E-state index >= 15 is 0 Å². The maximum Gasteiger partial charge on any atom is 0.324 e. The van der Waals surface area contributed by atoms with Crippen LogP contribution in [0, 0.1) is 11.3 Å². The standard InChI is InChI=1S/C14H15Cl2NO2S/c1-2-3-6-19-14(18)11(15)8-10(9-17)13(16)12-5-4-7-20-12/h4-5,7,11H,2-3,6,8H2,1H3/b13-10-. The van der Waals surface area contributed by atoms with Crippen LogP contribution in [0.2, 0.25) is 0 Å². The van der Waals surface area contributed by atoms with Crippen molar-refractivity contribution in [2.45, 2.75) is 31.6 Å². The fourth-order valence-electron chi connectivity index (χ4n) is 1.41. The summed E-state index contributed by atoms with van der Waals surface area (Å²) in [6.07, 6.45) is 1.81. The summed E-state index contributed by atoms with van der Waals surface area (Å²) in [4.78, 5) is 12.4. The van der Waals surface area contributed by atoms with E-state index in [1.165, 1.54) is 11.3 Å². The van der Waals surface area contributed by atoms with Crippen LogP contribution in [0.25, 0.3) is 5.03 Å². The number of carbonyl (C=O) groups excluding carboxylic acids is 1. The summed E-state index contributed by atoms with van der Waals surface area (Å²) in [6.45, 7) is 2.35. The summed E-state index contributed by atoms with van der Waals surface area (Å²) in [5.41, 5.74) is 0.293. The molecule has 0 aromatic carbocycles. The van der Waals surface area contributed by atoms with E-state index in [9.17, 15) is 4.79 Å². The van der Waals surface area contributed by atoms with E-state index in [1.807, 2.05) is 30.5 Å². The van der Waals surface area contributed by atoms with Gasteiger partial charge in [-0.05, 0) is 17.9 Å². The second-order valence-electron chi connectivity index (χ2n) is 4.07. The number of unbranched alkanes of at least 4 members (excludes halogenated alkanes) is 1. The number of hydrogen-bond donors (Lipinski definition) is 0. The molecule has 0 aliphatic heterocycles. The van der Waals surface area contributed by atoms with Crippen LogP contribution in [0.4, 0.5) is 0 Å². The van der Waals surface area contributed by atoms with Gasteiger partial charge in [0.05, 0.1) is 23.3 Å². The Hall–Kier alpha value is -1.02. The number of alkyl halides is 1. The fraction of sp³-hybridized carbons (Fsp3) is 0.429. The molecule has 0 aliphatic carbocycles. The molecular weight excluding hydrogens is 317 g/mol. The summed E-state index contributed by atoms with van der Waals surface area (Å²) in [7, 11) is 0. The Morgan fingerprint density at radius 2 is 2.35 bits per heavy atom. The lowest BCUT2D eigenvalue weighted by Crippen LogP contribution is -2.19. The topological polar surface area (TPSA) is 50.1 Å². The van der Waals surface area contributed by atoms with Gasteiger partial charge in [-0.1, -0.05) is 31.0 Å². The number of thiophene rings is 1. The smallest absolute Gasteiger partial charge is 0.324 e. The molecule has 0 bridgehead atoms. The van der Waals surface area contributed by atoms with Crippen molar-refractivity contribution < 1.29 is 9.53 Å². The van der Waals surface area contributed by atoms with Gasteiger partial charge < -0.3 is 4.74 Å². The van der Waals surface area contributed by atoms with Crippen LogP contribution in [-0.4, -0.2) is 18.0 Å². The number of nitrogens with zero attached hydrogens (tertiary/aromatic N) is 1. The third-order valence-corrected chi connectivity index (χ3v) is 4.28. The van der Waals surface area contributed by atoms with Gasteiger partial charge in [0.2, 0.25) is 0 Å². The fourth-order valence-corrected chi connectivity index (χ4v) is 2.63. The highest BCUT2D eigenvalue weighted by Gasteiger charge is 2.21. The van der Waals surface area contributed by atoms with E-state index in [1.54, 1.807) is 0 Å². The SMILES string of the molecule is CCCCOC(=O)C(Cl)C/C(C#N)=C(/Cl)c1cccs1. The minimum atomic E-state index is -0.893. The van der Waals surface area contributed by atoms with Gasteiger partial charge in [0, 0.05) is 11.3 Å². The van der Waals surface area contributed by atoms with E-state index in [4.69, 9.17) is 33.2 Å². The lowest BCUT2D eigenvalue weighted by atomic mass is 10.1. The third kappa shape index (κ3) is 5.16. The van der Waals surface area contributed by atoms with Gasteiger partial charge in [0.1, 0.15) is 5.38 Å². The molecule has 0 aliphatic rings. The molecule has 1 aromatic rings. The van der Waals surface area contributed by atoms with Gasteiger partial charge in [-0.2, -0.15) is 5.26 Å². The first-order chi connectivity index (χ1) is 9.60. The summed E-state index contributed by atoms with van der Waals surface area (Å²) in [5.74, 6) is -0.511. The van der Waals surface area contributed by atoms with Crippen LogP contribution < -0.4 is 0 Å². The number of carbonyl (C=O) groups is 1. The first-order valence-electron chi connectivity index (χ1n) is 6.23. The molecule has 108 valence electrons. The number of esters is 1. The van der Waals surface area contributed by atoms with Crippen LogP contribution in [0.5, 0.6) is 0 Å². The highest BCUT2D eigenvalue weighted by molar-refractivity contribution is 7.12. The van der Waals surface area contributed by atoms with E-state index in [2.05, 4.69) is 0 Å². The van der Waals surface area contributed by atoms with Crippen molar-refractivity contribution >= 4 is 45.5 Å². The van der Waals surface area contributed by atoms with Crippen molar-refractivity contribution in [2.75, 3.05) is 6.61 Å². The molecule has 20 heavy (non-hydrogen) atoms. The normalized spacial score (nSPS) is 13.3. The molecule has 0 radical (unpaired) electrons. The summed E-state index contributed by atoms with van der Waals surface area (Å²) < 4.78 is 5.02. The molecule has 1 unspecified atom stereocenters. The molecule has 1 atom stereocenters. The first kappa shape index (κ1) is 17.0. The van der Waals surface area contributed by atoms with Gasteiger partial charge in [-0.25, -0.2) is 0 Å². The van der Waals surface area contributed by atoms with E-state index in [0.29, 0.717) is 17.2 Å². The largest absolute Gasteiger partial charge is 0.465 e. The van der Waals surface area contributed by atoms with E-state index in [-0.39, 0.29) is 6.42 Å². The molecule has 0 spiro atoms. The molecule has 0 fully saturated rings. The second-order valence-corrected chi connectivity index (χ2v) is 5.93. The summed E-state index contributed by atoms with van der Waals surface area (Å²) >= 11 is 13.5. The molecule has 0 saturated heterocycles. The minimum Gasteiger partial charge on any atom is -0.465 e. The Bertz CT molecular complexity index is 506. The summed E-state index contributed by atoms with van der Waals surface area (Å²) in [6, 6.07) is 5.66. The average molecular weight is 332 g/mol. The van der Waals surface area contributed by atoms with Crippen molar-refractivity contribution in [2.24, 2.45) is 0 Å². The highest BCUT2D eigenvalue weighted by Crippen LogP contribution is 2.29. The van der Waals surface area contributed by atoms with E-state index in [0.717, 1.165) is 17.7 Å². The number of halogens is 2. The second kappa shape index (κ2) is 9.02. The molecule has 1 heterocycles. The maximum atomic E-state index is 11.7. The predicted molar refractivity (Wildman–Crippen MR) is 82.8 cm³/mol. The van der Waals surface area contributed by atoms with Crippen LogP contribution >= 0.6 is 34.5 Å². The van der Waals surface area contributed by atoms with Gasteiger partial charge in [0.15, 0.2) is 0 Å². The molecular formula is C14H15Cl2NO2S. The Morgan fingerprint density at radius 3 is 2.90 bits per heavy atom. The van der Waals surface area contributed by atoms with Crippen molar-refractivity contribution in [3.63, 3.8) is 0 Å². The van der Waals surface area contributed by atoms with Crippen LogP contribution in [0.3, 0.4) is 0 Å². The molecule has 3 nitrogen and oxygen atoms in total. The zero-order chi connectivity index (χ0) is 15.0. The number of rotatable bonds is 7. The number of allylic oxidation sites excluding steroid dienone is 1. The Labute approximate surface area is 132 Å². The lowest BCUT2D eigenvalue weighted by molar-refractivity contribution is -0.143. The maximum absolute atomic E-state index is 11.7. The van der Waals surface area contributed by atoms with Crippen LogP contribution in [0.1, 0.15) is 31.1 Å².